The molecule has 0 aromatic carbocycles. The van der Waals surface area contributed by atoms with Crippen LogP contribution in [-0.2, 0) is 57.5 Å². The zero-order valence-electron chi connectivity index (χ0n) is 55.1. The molecule has 0 rings (SSSR count). The van der Waals surface area contributed by atoms with Crippen LogP contribution in [0.3, 0.4) is 0 Å². The first-order valence-corrected chi connectivity index (χ1v) is 45.3. The molecule has 0 fully saturated rings. The fourth-order valence-corrected chi connectivity index (χ4v) is 13.6. The van der Waals surface area contributed by atoms with Crippen molar-refractivity contribution in [3.8, 4) is 0 Å². The first-order valence-electron chi connectivity index (χ1n) is 30.0. The minimum absolute atomic E-state index is 0.127. The Balaban J connectivity index is 6.84. The van der Waals surface area contributed by atoms with Crippen molar-refractivity contribution in [3.05, 3.63) is 0 Å². The summed E-state index contributed by atoms with van der Waals surface area (Å²) >= 11 is 16.1. The summed E-state index contributed by atoms with van der Waals surface area (Å²) in [6, 6.07) is -11.8. The van der Waals surface area contributed by atoms with Crippen LogP contribution in [0, 0.1) is 0 Å². The summed E-state index contributed by atoms with van der Waals surface area (Å²) in [5.41, 5.74) is 6.13. The van der Waals surface area contributed by atoms with Crippen LogP contribution in [0.2, 0.25) is 0 Å². The molecule has 0 aliphatic heterocycles. The molecular weight excluding hydrogens is 1380 g/mol. The SMILES string of the molecule is CCOC(=O)[C@H](CCSC)NC(=O)[C@H](CCSC)NC(=O)[C@H](CCSC)NC(=O)[C@H](CCSC)NC(=O)[C@H](CCSC)NC(=O)[C@H](CCSC)NC(=O)[C@H](CCSC)NC(=O)[C@H](CCSC)NC(=O)[C@H](CCSC)NC(=O)[C@H](CCSC)NC(=O)[C@@H](N)CCSC. The Morgan fingerprint density at radius 3 is 0.560 bits per heavy atom. The topological polar surface area (TPSA) is 343 Å². The number of hydrogen-bond donors (Lipinski definition) is 11. The summed E-state index contributed by atoms with van der Waals surface area (Å²) in [5, 5.41) is 28.2. The van der Waals surface area contributed by atoms with Crippen molar-refractivity contribution in [3.63, 3.8) is 0 Å². The molecule has 526 valence electrons. The smallest absolute Gasteiger partial charge is 0.328 e. The van der Waals surface area contributed by atoms with Crippen LogP contribution in [0.25, 0.3) is 0 Å². The van der Waals surface area contributed by atoms with Crippen LogP contribution < -0.4 is 58.9 Å². The van der Waals surface area contributed by atoms with Gasteiger partial charge < -0.3 is 63.6 Å². The van der Waals surface area contributed by atoms with Gasteiger partial charge in [0.05, 0.1) is 12.6 Å². The van der Waals surface area contributed by atoms with Gasteiger partial charge in [0, 0.05) is 0 Å². The molecule has 10 amide bonds. The summed E-state index contributed by atoms with van der Waals surface area (Å²) in [4.78, 5) is 154. The van der Waals surface area contributed by atoms with Gasteiger partial charge >= 0.3 is 5.97 Å². The maximum atomic E-state index is 14.5. The lowest BCUT2D eigenvalue weighted by atomic mass is 10.1. The summed E-state index contributed by atoms with van der Waals surface area (Å²) in [6.07, 6.45) is 22.9. The average Bonchev–Trinajstić information content (AvgIpc) is 1.64. The molecule has 0 radical (unpaired) electrons. The normalized spacial score (nSPS) is 14.8. The predicted octanol–water partition coefficient (Wildman–Crippen LogP) is 3.01. The van der Waals surface area contributed by atoms with E-state index in [9.17, 15) is 52.7 Å². The lowest BCUT2D eigenvalue weighted by Crippen LogP contribution is -2.61. The number of hydrogen-bond acceptors (Lipinski definition) is 24. The Labute approximate surface area is 588 Å². The summed E-state index contributed by atoms with van der Waals surface area (Å²) < 4.78 is 5.22. The quantitative estimate of drug-likeness (QED) is 0.0390. The Bertz CT molecular complexity index is 2160. The van der Waals surface area contributed by atoms with Gasteiger partial charge in [-0.2, -0.15) is 129 Å². The van der Waals surface area contributed by atoms with E-state index in [1.807, 2.05) is 68.8 Å². The lowest BCUT2D eigenvalue weighted by molar-refractivity contribution is -0.147. The van der Waals surface area contributed by atoms with Gasteiger partial charge in [0.15, 0.2) is 0 Å². The van der Waals surface area contributed by atoms with Gasteiger partial charge in [-0.1, -0.05) is 0 Å². The van der Waals surface area contributed by atoms with E-state index >= 15 is 0 Å². The zero-order chi connectivity index (χ0) is 68.5. The summed E-state index contributed by atoms with van der Waals surface area (Å²) in [7, 11) is 0. The largest absolute Gasteiger partial charge is 0.464 e. The highest BCUT2D eigenvalue weighted by molar-refractivity contribution is 8.00. The first-order chi connectivity index (χ1) is 43.6. The number of ether oxygens (including phenoxy) is 1. The van der Waals surface area contributed by atoms with Crippen LogP contribution in [0.5, 0.6) is 0 Å². The van der Waals surface area contributed by atoms with E-state index in [1.165, 1.54) is 118 Å². The molecule has 0 saturated heterocycles. The molecule has 34 heteroatoms. The van der Waals surface area contributed by atoms with Gasteiger partial charge in [-0.3, -0.25) is 47.9 Å². The van der Waals surface area contributed by atoms with Gasteiger partial charge in [0.1, 0.15) is 60.4 Å². The van der Waals surface area contributed by atoms with Crippen molar-refractivity contribution in [2.75, 3.05) is 139 Å². The minimum Gasteiger partial charge on any atom is -0.464 e. The van der Waals surface area contributed by atoms with E-state index in [1.54, 1.807) is 18.7 Å². The van der Waals surface area contributed by atoms with E-state index in [0.717, 1.165) is 0 Å². The van der Waals surface area contributed by atoms with Gasteiger partial charge in [0.25, 0.3) is 0 Å². The fourth-order valence-electron chi connectivity index (χ4n) is 8.37. The third-order valence-corrected chi connectivity index (χ3v) is 20.7. The monoisotopic (exact) mass is 1490 g/mol. The first kappa shape index (κ1) is 89.0. The van der Waals surface area contributed by atoms with Crippen molar-refractivity contribution in [2.45, 2.75) is 144 Å². The van der Waals surface area contributed by atoms with Crippen molar-refractivity contribution in [1.29, 1.82) is 0 Å². The third kappa shape index (κ3) is 39.1. The third-order valence-electron chi connectivity index (χ3n) is 13.7. The number of thioether (sulfide) groups is 11. The number of rotatable bonds is 55. The standard InChI is InChI=1S/C57H105N11O12S11/c1-13-80-57(79)46(24-35-91-12)68-56(78)45(23-34-90-11)67-55(77)44(22-33-89-10)66-54(76)43(21-32-88-9)65-53(75)42(20-31-87-8)64-52(74)41(19-30-86-7)63-51(73)40(18-29-85-6)62-50(72)39(17-28-84-5)61-49(71)38(16-27-83-4)60-48(70)37(15-26-82-3)59-47(69)36(58)14-25-81-2/h36-46H,13-35,58H2,1-12H3,(H,59,69)(H,60,70)(H,61,71)(H,62,72)(H,63,73)(H,64,74)(H,65,75)(H,66,76)(H,67,77)(H,68,78)/t36-,37-,38-,39-,40-,41-,42-,43-,44-,45-,46-/m0/s1. The average molecular weight is 1490 g/mol. The van der Waals surface area contributed by atoms with Crippen LogP contribution in [0.1, 0.15) is 77.6 Å². The van der Waals surface area contributed by atoms with E-state index in [4.69, 9.17) is 10.5 Å². The van der Waals surface area contributed by atoms with E-state index in [0.29, 0.717) is 76.1 Å². The molecule has 91 heavy (non-hydrogen) atoms. The molecule has 11 atom stereocenters. The molecule has 0 bridgehead atoms. The van der Waals surface area contributed by atoms with E-state index in [2.05, 4.69) is 53.2 Å². The fraction of sp³-hybridized carbons (Fsp3) is 0.807. The Morgan fingerprint density at radius 1 is 0.253 bits per heavy atom. The van der Waals surface area contributed by atoms with Crippen molar-refractivity contribution in [2.24, 2.45) is 5.73 Å². The van der Waals surface area contributed by atoms with E-state index in [-0.39, 0.29) is 64.4 Å². The number of nitrogens with two attached hydrogens (primary N) is 1. The van der Waals surface area contributed by atoms with Crippen LogP contribution in [0.4, 0.5) is 0 Å². The van der Waals surface area contributed by atoms with E-state index < -0.39 is 132 Å². The highest BCUT2D eigenvalue weighted by Crippen LogP contribution is 2.14. The van der Waals surface area contributed by atoms with Crippen LogP contribution in [0.15, 0.2) is 0 Å². The number of carbonyl (C=O) groups excluding carboxylic acids is 11. The van der Waals surface area contributed by atoms with Crippen LogP contribution in [-0.4, -0.2) is 270 Å². The van der Waals surface area contributed by atoms with Crippen molar-refractivity contribution in [1.82, 2.24) is 53.2 Å². The molecule has 0 aromatic heterocycles. The lowest BCUT2D eigenvalue weighted by Gasteiger charge is -2.28. The van der Waals surface area contributed by atoms with Crippen molar-refractivity contribution >= 4 is 194 Å². The van der Waals surface area contributed by atoms with Crippen molar-refractivity contribution < 1.29 is 57.5 Å². The Morgan fingerprint density at radius 2 is 0.396 bits per heavy atom. The number of esters is 1. The number of carbonyl (C=O) groups is 11. The molecule has 0 aromatic rings. The molecule has 0 saturated carbocycles. The molecular formula is C57H105N11O12S11. The maximum absolute atomic E-state index is 14.5. The number of nitrogens with one attached hydrogen (secondary N) is 10. The summed E-state index contributed by atoms with van der Waals surface area (Å²) in [5.74, 6) is -1.36. The second-order valence-corrected chi connectivity index (χ2v) is 31.4. The highest BCUT2D eigenvalue weighted by atomic mass is 32.2. The minimum atomic E-state index is -1.18. The predicted molar refractivity (Wildman–Crippen MR) is 397 cm³/mol. The molecule has 0 aliphatic carbocycles. The molecule has 23 nitrogen and oxygen atoms in total. The second kappa shape index (κ2) is 56.0. The number of amides is 10. The Kier molecular flexibility index (Phi) is 54.8. The second-order valence-electron chi connectivity index (χ2n) is 20.6. The summed E-state index contributed by atoms with van der Waals surface area (Å²) in [6.45, 7) is 1.80. The molecule has 0 heterocycles. The molecule has 0 unspecified atom stereocenters. The van der Waals surface area contributed by atoms with Gasteiger partial charge in [0.2, 0.25) is 59.1 Å². The molecule has 0 aliphatic rings. The molecule has 0 spiro atoms. The van der Waals surface area contributed by atoms with Gasteiger partial charge in [-0.25, -0.2) is 4.79 Å². The van der Waals surface area contributed by atoms with Gasteiger partial charge in [-0.05, 0) is 210 Å². The zero-order valence-corrected chi connectivity index (χ0v) is 64.1. The maximum Gasteiger partial charge on any atom is 0.328 e. The Hall–Kier alpha value is -2.02. The van der Waals surface area contributed by atoms with Gasteiger partial charge in [-0.15, -0.1) is 0 Å². The van der Waals surface area contributed by atoms with Crippen LogP contribution >= 0.6 is 129 Å². The highest BCUT2D eigenvalue weighted by Gasteiger charge is 2.36. The molecule has 12 N–H and O–H groups in total.